The average molecular weight is 375 g/mol. The Labute approximate surface area is 145 Å². The number of nitrogens with zero attached hydrogens (tertiary/aromatic N) is 1. The minimum Gasteiger partial charge on any atom is -0.317 e. The molecular formula is C15H16Cl2N2O3S. The molecule has 0 bridgehead atoms. The fourth-order valence-electron chi connectivity index (χ4n) is 2.12. The Morgan fingerprint density at radius 3 is 2.43 bits per heavy atom. The number of hydrogen-bond donors (Lipinski definition) is 2. The van der Waals surface area contributed by atoms with E-state index in [0.29, 0.717) is 22.9 Å². The first kappa shape index (κ1) is 18.2. The highest BCUT2D eigenvalue weighted by Gasteiger charge is 2.21. The van der Waals surface area contributed by atoms with Gasteiger partial charge in [0.15, 0.2) is 9.84 Å². The molecule has 124 valence electrons. The maximum absolute atomic E-state index is 12.4. The molecule has 0 saturated heterocycles. The predicted octanol–water partition coefficient (Wildman–Crippen LogP) is 3.14. The van der Waals surface area contributed by atoms with Crippen LogP contribution < -0.4 is 5.48 Å². The zero-order chi connectivity index (χ0) is 16.9. The molecule has 1 atom stereocenters. The molecule has 0 spiro atoms. The number of halogens is 2. The van der Waals surface area contributed by atoms with Crippen LogP contribution in [0.3, 0.4) is 0 Å². The quantitative estimate of drug-likeness (QED) is 0.727. The number of pyridine rings is 1. The molecule has 1 unspecified atom stereocenters. The van der Waals surface area contributed by atoms with Crippen molar-refractivity contribution in [2.24, 2.45) is 0 Å². The van der Waals surface area contributed by atoms with Crippen molar-refractivity contribution >= 4 is 33.0 Å². The summed E-state index contributed by atoms with van der Waals surface area (Å²) in [7, 11) is -3.52. The number of aryl methyl sites for hydroxylation is 1. The highest BCUT2D eigenvalue weighted by atomic mass is 35.5. The van der Waals surface area contributed by atoms with E-state index in [1.165, 1.54) is 30.5 Å². The topological polar surface area (TPSA) is 79.3 Å². The van der Waals surface area contributed by atoms with Gasteiger partial charge in [-0.05, 0) is 48.7 Å². The van der Waals surface area contributed by atoms with Crippen LogP contribution in [0, 0.1) is 0 Å². The molecule has 0 fully saturated rings. The summed E-state index contributed by atoms with van der Waals surface area (Å²) in [6.45, 7) is 0. The van der Waals surface area contributed by atoms with Crippen LogP contribution in [0.5, 0.6) is 0 Å². The van der Waals surface area contributed by atoms with Crippen LogP contribution in [-0.2, 0) is 16.3 Å². The second-order valence-electron chi connectivity index (χ2n) is 5.11. The molecule has 1 aromatic heterocycles. The largest absolute Gasteiger partial charge is 0.317 e. The molecular weight excluding hydrogens is 359 g/mol. The van der Waals surface area contributed by atoms with Crippen molar-refractivity contribution in [1.29, 1.82) is 0 Å². The van der Waals surface area contributed by atoms with Crippen molar-refractivity contribution in [2.45, 2.75) is 23.8 Å². The van der Waals surface area contributed by atoms with Crippen molar-refractivity contribution in [3.8, 4) is 0 Å². The van der Waals surface area contributed by atoms with E-state index in [4.69, 9.17) is 23.2 Å². The number of sulfone groups is 1. The van der Waals surface area contributed by atoms with Crippen LogP contribution in [0.25, 0.3) is 0 Å². The number of rotatable bonds is 7. The predicted molar refractivity (Wildman–Crippen MR) is 89.8 cm³/mol. The van der Waals surface area contributed by atoms with E-state index in [-0.39, 0.29) is 10.6 Å². The van der Waals surface area contributed by atoms with Gasteiger partial charge >= 0.3 is 0 Å². The third-order valence-electron chi connectivity index (χ3n) is 3.32. The van der Waals surface area contributed by atoms with Gasteiger partial charge in [0, 0.05) is 23.5 Å². The summed E-state index contributed by atoms with van der Waals surface area (Å²) in [5.74, 6) is -0.223. The highest BCUT2D eigenvalue weighted by molar-refractivity contribution is 7.91. The van der Waals surface area contributed by atoms with E-state index in [2.05, 4.69) is 10.5 Å². The Kier molecular flexibility index (Phi) is 6.38. The van der Waals surface area contributed by atoms with E-state index in [1.807, 2.05) is 0 Å². The Morgan fingerprint density at radius 1 is 1.13 bits per heavy atom. The van der Waals surface area contributed by atoms with E-state index < -0.39 is 15.9 Å². The fraction of sp³-hybridized carbons (Fsp3) is 0.267. The molecule has 0 aliphatic carbocycles. The number of nitrogens with one attached hydrogen (secondary N) is 1. The summed E-state index contributed by atoms with van der Waals surface area (Å²) in [5.41, 5.74) is 2.94. The molecule has 0 radical (unpaired) electrons. The van der Waals surface area contributed by atoms with Gasteiger partial charge in [-0.15, -0.1) is 0 Å². The summed E-state index contributed by atoms with van der Waals surface area (Å²) in [6.07, 6.45) is 4.15. The third kappa shape index (κ3) is 5.44. The minimum atomic E-state index is -3.52. The number of hydroxylamine groups is 1. The molecule has 5 nitrogen and oxygen atoms in total. The molecule has 2 rings (SSSR count). The molecule has 0 amide bonds. The molecule has 1 aromatic carbocycles. The molecule has 0 aliphatic heterocycles. The van der Waals surface area contributed by atoms with E-state index in [0.717, 1.165) is 5.56 Å². The SMILES string of the molecule is O=S(=O)(CC(CCc1cncc(Cl)c1)NO)c1ccc(Cl)cc1. The van der Waals surface area contributed by atoms with Crippen molar-refractivity contribution in [1.82, 2.24) is 10.5 Å². The lowest BCUT2D eigenvalue weighted by molar-refractivity contribution is 0.130. The Hall–Kier alpha value is -1.18. The van der Waals surface area contributed by atoms with E-state index in [1.54, 1.807) is 12.3 Å². The van der Waals surface area contributed by atoms with Gasteiger partial charge in [-0.2, -0.15) is 0 Å². The highest BCUT2D eigenvalue weighted by Crippen LogP contribution is 2.17. The molecule has 0 aliphatic rings. The molecule has 2 aromatic rings. The zero-order valence-corrected chi connectivity index (χ0v) is 14.4. The second-order valence-corrected chi connectivity index (χ2v) is 8.02. The van der Waals surface area contributed by atoms with Gasteiger partial charge in [-0.3, -0.25) is 4.98 Å². The molecule has 1 heterocycles. The second kappa shape index (κ2) is 8.08. The average Bonchev–Trinajstić information content (AvgIpc) is 2.52. The zero-order valence-electron chi connectivity index (χ0n) is 12.1. The van der Waals surface area contributed by atoms with Crippen LogP contribution in [0.2, 0.25) is 10.0 Å². The van der Waals surface area contributed by atoms with Crippen molar-refractivity contribution in [3.63, 3.8) is 0 Å². The van der Waals surface area contributed by atoms with Crippen LogP contribution >= 0.6 is 23.2 Å². The van der Waals surface area contributed by atoms with Gasteiger partial charge in [0.1, 0.15) is 0 Å². The maximum Gasteiger partial charge on any atom is 0.179 e. The number of aromatic nitrogens is 1. The van der Waals surface area contributed by atoms with Crippen LogP contribution in [0.1, 0.15) is 12.0 Å². The van der Waals surface area contributed by atoms with Gasteiger partial charge in [0.25, 0.3) is 0 Å². The lowest BCUT2D eigenvalue weighted by Gasteiger charge is -2.15. The lowest BCUT2D eigenvalue weighted by Crippen LogP contribution is -2.34. The summed E-state index contributed by atoms with van der Waals surface area (Å²) in [5, 5.41) is 10.2. The van der Waals surface area contributed by atoms with Crippen molar-refractivity contribution in [2.75, 3.05) is 5.75 Å². The van der Waals surface area contributed by atoms with Gasteiger partial charge in [-0.1, -0.05) is 23.2 Å². The molecule has 8 heteroatoms. The van der Waals surface area contributed by atoms with Gasteiger partial charge < -0.3 is 5.21 Å². The molecule has 0 saturated carbocycles. The standard InChI is InChI=1S/C15H16Cl2N2O3S/c16-12-2-5-15(6-3-12)23(21,22)10-14(19-20)4-1-11-7-13(17)9-18-8-11/h2-3,5-9,14,19-20H,1,4,10H2. The van der Waals surface area contributed by atoms with E-state index >= 15 is 0 Å². The minimum absolute atomic E-state index is 0.173. The summed E-state index contributed by atoms with van der Waals surface area (Å²) in [6, 6.07) is 7.10. The normalized spacial score (nSPS) is 13.0. The first-order chi connectivity index (χ1) is 10.9. The monoisotopic (exact) mass is 374 g/mol. The van der Waals surface area contributed by atoms with Gasteiger partial charge in [-0.25, -0.2) is 13.9 Å². The molecule has 23 heavy (non-hydrogen) atoms. The number of hydrogen-bond acceptors (Lipinski definition) is 5. The Bertz CT molecular complexity index is 752. The summed E-state index contributed by atoms with van der Waals surface area (Å²) in [4.78, 5) is 4.15. The fourth-order valence-corrected chi connectivity index (χ4v) is 3.96. The maximum atomic E-state index is 12.4. The van der Waals surface area contributed by atoms with Crippen LogP contribution in [-0.4, -0.2) is 30.4 Å². The van der Waals surface area contributed by atoms with Gasteiger partial charge in [0.05, 0.1) is 15.7 Å². The summed E-state index contributed by atoms with van der Waals surface area (Å²) >= 11 is 11.6. The Balaban J connectivity index is 2.02. The molecule has 2 N–H and O–H groups in total. The number of benzene rings is 1. The Morgan fingerprint density at radius 2 is 1.83 bits per heavy atom. The smallest absolute Gasteiger partial charge is 0.179 e. The van der Waals surface area contributed by atoms with E-state index in [9.17, 15) is 13.6 Å². The van der Waals surface area contributed by atoms with Crippen LogP contribution in [0.15, 0.2) is 47.6 Å². The first-order valence-corrected chi connectivity index (χ1v) is 9.29. The van der Waals surface area contributed by atoms with Crippen molar-refractivity contribution < 1.29 is 13.6 Å². The van der Waals surface area contributed by atoms with Gasteiger partial charge in [0.2, 0.25) is 0 Å². The van der Waals surface area contributed by atoms with Crippen molar-refractivity contribution in [3.05, 3.63) is 58.3 Å². The lowest BCUT2D eigenvalue weighted by atomic mass is 10.1. The summed E-state index contributed by atoms with van der Waals surface area (Å²) < 4.78 is 24.7. The first-order valence-electron chi connectivity index (χ1n) is 6.88. The van der Waals surface area contributed by atoms with Crippen LogP contribution in [0.4, 0.5) is 0 Å². The third-order valence-corrected chi connectivity index (χ3v) is 5.61.